The van der Waals surface area contributed by atoms with Crippen LogP contribution in [-0.4, -0.2) is 16.9 Å². The first kappa shape index (κ1) is 9.90. The van der Waals surface area contributed by atoms with Crippen molar-refractivity contribution in [3.63, 3.8) is 0 Å². The number of carboxylic acids is 1. The average molecular weight is 204 g/mol. The van der Waals surface area contributed by atoms with Gasteiger partial charge in [-0.1, -0.05) is 31.2 Å². The Labute approximate surface area is 87.7 Å². The number of carbonyl (C=O) groups excluding carboxylic acids is 1. The number of ketones is 1. The van der Waals surface area contributed by atoms with Crippen molar-refractivity contribution < 1.29 is 14.7 Å². The lowest BCUT2D eigenvalue weighted by Gasteiger charge is -2.26. The zero-order valence-electron chi connectivity index (χ0n) is 8.43. The second-order valence-electron chi connectivity index (χ2n) is 3.96. The van der Waals surface area contributed by atoms with Crippen LogP contribution in [0.15, 0.2) is 24.3 Å². The molecule has 3 nitrogen and oxygen atoms in total. The van der Waals surface area contributed by atoms with Gasteiger partial charge >= 0.3 is 5.97 Å². The molecule has 1 aliphatic rings. The Balaban J connectivity index is 2.45. The van der Waals surface area contributed by atoms with E-state index in [1.807, 2.05) is 18.2 Å². The fourth-order valence-electron chi connectivity index (χ4n) is 2.08. The quantitative estimate of drug-likeness (QED) is 0.758. The Morgan fingerprint density at radius 3 is 2.73 bits per heavy atom. The number of benzene rings is 1. The van der Waals surface area contributed by atoms with Gasteiger partial charge in [0.25, 0.3) is 0 Å². The lowest BCUT2D eigenvalue weighted by molar-refractivity contribution is -0.143. The molecular weight excluding hydrogens is 192 g/mol. The van der Waals surface area contributed by atoms with Gasteiger partial charge in [-0.2, -0.15) is 0 Å². The monoisotopic (exact) mass is 204 g/mol. The maximum absolute atomic E-state index is 11.9. The van der Waals surface area contributed by atoms with Crippen LogP contribution in [0.3, 0.4) is 0 Å². The van der Waals surface area contributed by atoms with E-state index in [9.17, 15) is 9.59 Å². The van der Waals surface area contributed by atoms with Crippen LogP contribution in [0.25, 0.3) is 0 Å². The van der Waals surface area contributed by atoms with Crippen LogP contribution in [0.4, 0.5) is 0 Å². The molecule has 78 valence electrons. The highest BCUT2D eigenvalue weighted by molar-refractivity contribution is 6.02. The van der Waals surface area contributed by atoms with Gasteiger partial charge in [0, 0.05) is 11.5 Å². The molecule has 2 atom stereocenters. The predicted molar refractivity (Wildman–Crippen MR) is 54.8 cm³/mol. The number of hydrogen-bond acceptors (Lipinski definition) is 2. The van der Waals surface area contributed by atoms with E-state index in [2.05, 4.69) is 0 Å². The lowest BCUT2D eigenvalue weighted by atomic mass is 9.76. The Kier molecular flexibility index (Phi) is 2.31. The molecule has 0 saturated heterocycles. The summed E-state index contributed by atoms with van der Waals surface area (Å²) in [5.41, 5.74) is 1.54. The van der Waals surface area contributed by atoms with Gasteiger partial charge in [-0.3, -0.25) is 9.59 Å². The van der Waals surface area contributed by atoms with Crippen LogP contribution in [-0.2, 0) is 11.2 Å². The van der Waals surface area contributed by atoms with Crippen molar-refractivity contribution in [2.24, 2.45) is 11.8 Å². The first-order chi connectivity index (χ1) is 7.11. The van der Waals surface area contributed by atoms with E-state index in [1.54, 1.807) is 13.0 Å². The highest BCUT2D eigenvalue weighted by Gasteiger charge is 2.36. The minimum absolute atomic E-state index is 0.0516. The van der Waals surface area contributed by atoms with Crippen molar-refractivity contribution in [2.75, 3.05) is 0 Å². The second kappa shape index (κ2) is 3.50. The molecule has 0 amide bonds. The summed E-state index contributed by atoms with van der Waals surface area (Å²) < 4.78 is 0. The zero-order chi connectivity index (χ0) is 11.0. The minimum atomic E-state index is -0.884. The molecule has 0 aliphatic heterocycles. The van der Waals surface area contributed by atoms with Gasteiger partial charge in [-0.05, 0) is 12.0 Å². The Bertz CT molecular complexity index is 423. The van der Waals surface area contributed by atoms with Crippen molar-refractivity contribution in [1.29, 1.82) is 0 Å². The van der Waals surface area contributed by atoms with Crippen LogP contribution in [0, 0.1) is 11.8 Å². The largest absolute Gasteiger partial charge is 0.481 e. The maximum atomic E-state index is 11.9. The van der Waals surface area contributed by atoms with Gasteiger partial charge in [0.05, 0.1) is 5.92 Å². The summed E-state index contributed by atoms with van der Waals surface area (Å²) in [6.07, 6.45) is 0.457. The van der Waals surface area contributed by atoms with E-state index in [0.717, 1.165) is 5.56 Å². The first-order valence-electron chi connectivity index (χ1n) is 4.96. The van der Waals surface area contributed by atoms with Crippen molar-refractivity contribution in [2.45, 2.75) is 13.3 Å². The Hall–Kier alpha value is -1.64. The van der Waals surface area contributed by atoms with Crippen molar-refractivity contribution >= 4 is 11.8 Å². The van der Waals surface area contributed by atoms with Crippen molar-refractivity contribution in [3.8, 4) is 0 Å². The van der Waals surface area contributed by atoms with Gasteiger partial charge in [0.1, 0.15) is 0 Å². The number of hydrogen-bond donors (Lipinski definition) is 1. The van der Waals surface area contributed by atoms with E-state index in [4.69, 9.17) is 5.11 Å². The van der Waals surface area contributed by atoms with Crippen LogP contribution in [0.2, 0.25) is 0 Å². The third-order valence-electron chi connectivity index (χ3n) is 3.06. The molecule has 1 N–H and O–H groups in total. The molecule has 15 heavy (non-hydrogen) atoms. The van der Waals surface area contributed by atoms with Gasteiger partial charge in [0.2, 0.25) is 0 Å². The van der Waals surface area contributed by atoms with Crippen LogP contribution >= 0.6 is 0 Å². The molecule has 2 rings (SSSR count). The number of carboxylic acid groups (broad SMARTS) is 1. The highest BCUT2D eigenvalue weighted by Crippen LogP contribution is 2.29. The summed E-state index contributed by atoms with van der Waals surface area (Å²) in [6.45, 7) is 1.69. The van der Waals surface area contributed by atoms with E-state index in [1.165, 1.54) is 0 Å². The summed E-state index contributed by atoms with van der Waals surface area (Å²) in [7, 11) is 0. The highest BCUT2D eigenvalue weighted by atomic mass is 16.4. The predicted octanol–water partition coefficient (Wildman–Crippen LogP) is 1.76. The SMILES string of the molecule is C[C@H]1C(=O)c2ccccc2C[C@@H]1C(=O)O. The smallest absolute Gasteiger partial charge is 0.307 e. The van der Waals surface area contributed by atoms with Crippen LogP contribution < -0.4 is 0 Å². The molecule has 0 bridgehead atoms. The zero-order valence-corrected chi connectivity index (χ0v) is 8.43. The van der Waals surface area contributed by atoms with Crippen LogP contribution in [0.5, 0.6) is 0 Å². The standard InChI is InChI=1S/C12H12O3/c1-7-10(12(14)15)6-8-4-2-3-5-9(8)11(7)13/h2-5,7,10H,6H2,1H3,(H,14,15)/t7-,10+/m1/s1. The normalized spacial score (nSPS) is 24.7. The van der Waals surface area contributed by atoms with E-state index in [-0.39, 0.29) is 5.78 Å². The van der Waals surface area contributed by atoms with Crippen molar-refractivity contribution in [3.05, 3.63) is 35.4 Å². The van der Waals surface area contributed by atoms with E-state index >= 15 is 0 Å². The minimum Gasteiger partial charge on any atom is -0.481 e. The molecule has 0 aromatic heterocycles. The maximum Gasteiger partial charge on any atom is 0.307 e. The third-order valence-corrected chi connectivity index (χ3v) is 3.06. The van der Waals surface area contributed by atoms with Gasteiger partial charge in [-0.15, -0.1) is 0 Å². The molecule has 1 aromatic rings. The van der Waals surface area contributed by atoms with Gasteiger partial charge in [-0.25, -0.2) is 0 Å². The first-order valence-corrected chi connectivity index (χ1v) is 4.96. The molecule has 1 aromatic carbocycles. The van der Waals surface area contributed by atoms with Gasteiger partial charge in [0.15, 0.2) is 5.78 Å². The topological polar surface area (TPSA) is 54.4 Å². The van der Waals surface area contributed by atoms with Crippen molar-refractivity contribution in [1.82, 2.24) is 0 Å². The second-order valence-corrected chi connectivity index (χ2v) is 3.96. The molecule has 1 aliphatic carbocycles. The number of carbonyl (C=O) groups is 2. The molecule has 0 unspecified atom stereocenters. The number of Topliss-reactive ketones (excluding diaryl/α,β-unsaturated/α-hetero) is 1. The van der Waals surface area contributed by atoms with E-state index in [0.29, 0.717) is 12.0 Å². The Morgan fingerprint density at radius 1 is 1.40 bits per heavy atom. The molecule has 0 spiro atoms. The summed E-state index contributed by atoms with van der Waals surface area (Å²) in [4.78, 5) is 22.8. The molecule has 0 fully saturated rings. The third kappa shape index (κ3) is 1.54. The summed E-state index contributed by atoms with van der Waals surface area (Å²) in [5.74, 6) is -1.93. The van der Waals surface area contributed by atoms with E-state index < -0.39 is 17.8 Å². The molecule has 0 radical (unpaired) electrons. The average Bonchev–Trinajstić information content (AvgIpc) is 2.23. The molecule has 3 heteroatoms. The number of rotatable bonds is 1. The fourth-order valence-corrected chi connectivity index (χ4v) is 2.08. The van der Waals surface area contributed by atoms with Crippen LogP contribution in [0.1, 0.15) is 22.8 Å². The lowest BCUT2D eigenvalue weighted by Crippen LogP contribution is -2.34. The summed E-state index contributed by atoms with van der Waals surface area (Å²) >= 11 is 0. The van der Waals surface area contributed by atoms with Gasteiger partial charge < -0.3 is 5.11 Å². The summed E-state index contributed by atoms with van der Waals surface area (Å²) in [6, 6.07) is 7.24. The molecule has 0 saturated carbocycles. The number of fused-ring (bicyclic) bond motifs is 1. The molecular formula is C12H12O3. The fraction of sp³-hybridized carbons (Fsp3) is 0.333. The number of aliphatic carboxylic acids is 1. The Morgan fingerprint density at radius 2 is 2.07 bits per heavy atom. The summed E-state index contributed by atoms with van der Waals surface area (Å²) in [5, 5.41) is 9.00. The molecule has 0 heterocycles.